The zero-order valence-corrected chi connectivity index (χ0v) is 10.6. The predicted molar refractivity (Wildman–Crippen MR) is 65.4 cm³/mol. The molecule has 2 rings (SSSR count). The highest BCUT2D eigenvalue weighted by Crippen LogP contribution is 2.24. The molecule has 0 aliphatic carbocycles. The summed E-state index contributed by atoms with van der Waals surface area (Å²) in [6, 6.07) is 5.72. The first kappa shape index (κ1) is 12.0. The second-order valence-electron chi connectivity index (χ2n) is 3.37. The van der Waals surface area contributed by atoms with Crippen LogP contribution in [0.2, 0.25) is 0 Å². The number of esters is 1. The fourth-order valence-corrected chi connectivity index (χ4v) is 2.00. The molecule has 0 saturated carbocycles. The number of benzene rings is 1. The highest BCUT2D eigenvalue weighted by molar-refractivity contribution is 9.10. The molecule has 17 heavy (non-hydrogen) atoms. The molecular weight excluding hydrogens is 289 g/mol. The van der Waals surface area contributed by atoms with Crippen LogP contribution >= 0.6 is 15.9 Å². The number of rotatable bonds is 2. The molecule has 0 saturated heterocycles. The van der Waals surface area contributed by atoms with E-state index in [9.17, 15) is 9.18 Å². The number of fused-ring (bicyclic) bond motifs is 1. The maximum atomic E-state index is 13.1. The predicted octanol–water partition coefficient (Wildman–Crippen LogP) is 3.31. The van der Waals surface area contributed by atoms with E-state index < -0.39 is 5.97 Å². The molecule has 0 aliphatic rings. The van der Waals surface area contributed by atoms with Gasteiger partial charge in [0.1, 0.15) is 11.5 Å². The van der Waals surface area contributed by atoms with Crippen molar-refractivity contribution in [3.63, 3.8) is 0 Å². The van der Waals surface area contributed by atoms with Crippen LogP contribution in [0.1, 0.15) is 17.4 Å². The van der Waals surface area contributed by atoms with Crippen LogP contribution in [0, 0.1) is 5.82 Å². The smallest absolute Gasteiger partial charge is 0.356 e. The van der Waals surface area contributed by atoms with E-state index in [1.807, 2.05) is 0 Å². The molecule has 3 nitrogen and oxygen atoms in total. The summed E-state index contributed by atoms with van der Waals surface area (Å²) in [4.78, 5) is 15.7. The third kappa shape index (κ3) is 2.44. The number of pyridine rings is 1. The molecule has 1 aromatic heterocycles. The average Bonchev–Trinajstić information content (AvgIpc) is 2.30. The van der Waals surface area contributed by atoms with Crippen LogP contribution in [-0.4, -0.2) is 17.6 Å². The Hall–Kier alpha value is -1.49. The first-order chi connectivity index (χ1) is 8.11. The van der Waals surface area contributed by atoms with Gasteiger partial charge in [0.05, 0.1) is 12.1 Å². The zero-order chi connectivity index (χ0) is 12.4. The largest absolute Gasteiger partial charge is 0.461 e. The monoisotopic (exact) mass is 297 g/mol. The van der Waals surface area contributed by atoms with E-state index in [1.54, 1.807) is 6.92 Å². The van der Waals surface area contributed by atoms with Gasteiger partial charge in [0.15, 0.2) is 0 Å². The Morgan fingerprint density at radius 3 is 2.94 bits per heavy atom. The summed E-state index contributed by atoms with van der Waals surface area (Å²) >= 11 is 3.29. The summed E-state index contributed by atoms with van der Waals surface area (Å²) in [5.41, 5.74) is 0.752. The summed E-state index contributed by atoms with van der Waals surface area (Å²) in [6.45, 7) is 2.02. The maximum Gasteiger partial charge on any atom is 0.356 e. The zero-order valence-electron chi connectivity index (χ0n) is 9.04. The molecule has 0 aliphatic heterocycles. The van der Waals surface area contributed by atoms with E-state index in [0.717, 1.165) is 0 Å². The molecule has 0 fully saturated rings. The maximum absolute atomic E-state index is 13.1. The number of ether oxygens (including phenoxy) is 1. The first-order valence-corrected chi connectivity index (χ1v) is 5.84. The summed E-state index contributed by atoms with van der Waals surface area (Å²) in [5.74, 6) is -0.830. The van der Waals surface area contributed by atoms with Crippen LogP contribution in [0.15, 0.2) is 28.7 Å². The first-order valence-electron chi connectivity index (χ1n) is 5.04. The molecule has 2 aromatic rings. The van der Waals surface area contributed by atoms with Crippen LogP contribution < -0.4 is 0 Å². The molecule has 0 bridgehead atoms. The summed E-state index contributed by atoms with van der Waals surface area (Å²) in [5, 5.41) is 0.623. The molecule has 0 radical (unpaired) electrons. The lowest BCUT2D eigenvalue weighted by Gasteiger charge is -2.05. The lowest BCUT2D eigenvalue weighted by molar-refractivity contribution is 0.0520. The van der Waals surface area contributed by atoms with Gasteiger partial charge in [-0.15, -0.1) is 0 Å². The fraction of sp³-hybridized carbons (Fsp3) is 0.167. The van der Waals surface area contributed by atoms with Gasteiger partial charge in [-0.05, 0) is 31.2 Å². The number of aromatic nitrogens is 1. The number of hydrogen-bond acceptors (Lipinski definition) is 3. The van der Waals surface area contributed by atoms with Crippen molar-refractivity contribution in [3.05, 3.63) is 40.2 Å². The SMILES string of the molecule is CCOC(=O)c1cc(Br)c2cc(F)ccc2n1. The fourth-order valence-electron chi connectivity index (χ4n) is 1.47. The van der Waals surface area contributed by atoms with Gasteiger partial charge in [0.25, 0.3) is 0 Å². The Kier molecular flexibility index (Phi) is 3.38. The van der Waals surface area contributed by atoms with E-state index in [4.69, 9.17) is 4.74 Å². The van der Waals surface area contributed by atoms with Gasteiger partial charge in [0.2, 0.25) is 0 Å². The van der Waals surface area contributed by atoms with Crippen molar-refractivity contribution in [1.29, 1.82) is 0 Å². The molecule has 0 amide bonds. The molecule has 1 aromatic carbocycles. The lowest BCUT2D eigenvalue weighted by atomic mass is 10.2. The minimum atomic E-state index is -0.487. The Labute approximate surface area is 106 Å². The van der Waals surface area contributed by atoms with E-state index in [2.05, 4.69) is 20.9 Å². The van der Waals surface area contributed by atoms with Crippen molar-refractivity contribution in [1.82, 2.24) is 4.98 Å². The summed E-state index contributed by atoms with van der Waals surface area (Å²) < 4.78 is 18.5. The number of hydrogen-bond donors (Lipinski definition) is 0. The molecule has 0 atom stereocenters. The van der Waals surface area contributed by atoms with Crippen LogP contribution in [0.5, 0.6) is 0 Å². The Morgan fingerprint density at radius 2 is 2.24 bits per heavy atom. The van der Waals surface area contributed by atoms with E-state index in [1.165, 1.54) is 24.3 Å². The molecule has 0 unspecified atom stereocenters. The second-order valence-corrected chi connectivity index (χ2v) is 4.23. The number of carbonyl (C=O) groups excluding carboxylic acids is 1. The lowest BCUT2D eigenvalue weighted by Crippen LogP contribution is -2.07. The molecule has 0 N–H and O–H groups in total. The van der Waals surface area contributed by atoms with E-state index in [0.29, 0.717) is 22.0 Å². The van der Waals surface area contributed by atoms with Gasteiger partial charge in [-0.2, -0.15) is 0 Å². The van der Waals surface area contributed by atoms with Gasteiger partial charge < -0.3 is 4.74 Å². The normalized spacial score (nSPS) is 10.5. The summed E-state index contributed by atoms with van der Waals surface area (Å²) in [6.07, 6.45) is 0. The number of halogens is 2. The highest BCUT2D eigenvalue weighted by Gasteiger charge is 2.12. The van der Waals surface area contributed by atoms with E-state index in [-0.39, 0.29) is 11.5 Å². The van der Waals surface area contributed by atoms with Crippen LogP contribution in [0.25, 0.3) is 10.9 Å². The van der Waals surface area contributed by atoms with Gasteiger partial charge in [-0.25, -0.2) is 14.2 Å². The van der Waals surface area contributed by atoms with Gasteiger partial charge in [-0.1, -0.05) is 15.9 Å². The van der Waals surface area contributed by atoms with Crippen molar-refractivity contribution in [2.24, 2.45) is 0 Å². The quantitative estimate of drug-likeness (QED) is 0.798. The average molecular weight is 298 g/mol. The standard InChI is InChI=1S/C12H9BrFNO2/c1-2-17-12(16)11-6-9(13)8-5-7(14)3-4-10(8)15-11/h3-6H,2H2,1H3. The number of carbonyl (C=O) groups is 1. The molecule has 88 valence electrons. The topological polar surface area (TPSA) is 39.2 Å². The molecule has 5 heteroatoms. The second kappa shape index (κ2) is 4.79. The highest BCUT2D eigenvalue weighted by atomic mass is 79.9. The summed E-state index contributed by atoms with van der Waals surface area (Å²) in [7, 11) is 0. The van der Waals surface area contributed by atoms with Crippen molar-refractivity contribution in [3.8, 4) is 0 Å². The van der Waals surface area contributed by atoms with Crippen LogP contribution in [0.3, 0.4) is 0 Å². The van der Waals surface area contributed by atoms with Crippen molar-refractivity contribution >= 4 is 32.8 Å². The molecule has 0 spiro atoms. The van der Waals surface area contributed by atoms with Crippen molar-refractivity contribution < 1.29 is 13.9 Å². The van der Waals surface area contributed by atoms with Crippen molar-refractivity contribution in [2.45, 2.75) is 6.92 Å². The minimum absolute atomic E-state index is 0.206. The minimum Gasteiger partial charge on any atom is -0.461 e. The molecule has 1 heterocycles. The van der Waals surface area contributed by atoms with Crippen LogP contribution in [0.4, 0.5) is 4.39 Å². The number of nitrogens with zero attached hydrogens (tertiary/aromatic N) is 1. The van der Waals surface area contributed by atoms with E-state index >= 15 is 0 Å². The van der Waals surface area contributed by atoms with Gasteiger partial charge in [-0.3, -0.25) is 0 Å². The van der Waals surface area contributed by atoms with Crippen LogP contribution in [-0.2, 0) is 4.74 Å². The Balaban J connectivity index is 2.56. The third-order valence-electron chi connectivity index (χ3n) is 2.20. The van der Waals surface area contributed by atoms with Gasteiger partial charge in [0, 0.05) is 9.86 Å². The third-order valence-corrected chi connectivity index (χ3v) is 2.86. The molecular formula is C12H9BrFNO2. The van der Waals surface area contributed by atoms with Gasteiger partial charge >= 0.3 is 5.97 Å². The Bertz CT molecular complexity index is 586. The Morgan fingerprint density at radius 1 is 1.47 bits per heavy atom. The van der Waals surface area contributed by atoms with Crippen molar-refractivity contribution in [2.75, 3.05) is 6.61 Å².